The molecule has 1 unspecified atom stereocenters. The van der Waals surface area contributed by atoms with Crippen molar-refractivity contribution in [3.05, 3.63) is 23.8 Å². The van der Waals surface area contributed by atoms with Crippen LogP contribution in [-0.2, 0) is 19.4 Å². The fourth-order valence-electron chi connectivity index (χ4n) is 3.46. The summed E-state index contributed by atoms with van der Waals surface area (Å²) in [7, 11) is -2.21. The first-order valence-electron chi connectivity index (χ1n) is 8.74. The van der Waals surface area contributed by atoms with E-state index in [1.54, 1.807) is 6.07 Å². The molecule has 12 heteroatoms. The fourth-order valence-corrected chi connectivity index (χ4v) is 4.34. The molecular formula is C17H22N4O7S. The number of morpholine rings is 1. The average Bonchev–Trinajstić information content (AvgIpc) is 2.91. The molecule has 1 fully saturated rings. The van der Waals surface area contributed by atoms with Gasteiger partial charge in [0, 0.05) is 32.0 Å². The molecule has 2 amide bonds. The highest BCUT2D eigenvalue weighted by molar-refractivity contribution is 7.90. The van der Waals surface area contributed by atoms with Crippen LogP contribution >= 0.6 is 0 Å². The van der Waals surface area contributed by atoms with Gasteiger partial charge in [-0.15, -0.1) is 0 Å². The normalized spacial score (nSPS) is 22.6. The number of nitrogens with zero attached hydrogens (tertiary/aromatic N) is 4. The summed E-state index contributed by atoms with van der Waals surface area (Å²) in [5.41, 5.74) is -1.26. The second kappa shape index (κ2) is 7.28. The summed E-state index contributed by atoms with van der Waals surface area (Å²) >= 11 is 0. The summed E-state index contributed by atoms with van der Waals surface area (Å²) in [6.45, 7) is 3.03. The molecule has 2 N–H and O–H groups in total. The van der Waals surface area contributed by atoms with Crippen molar-refractivity contribution in [1.82, 2.24) is 10.1 Å². The van der Waals surface area contributed by atoms with Crippen molar-refractivity contribution in [2.24, 2.45) is 5.10 Å². The molecule has 2 aliphatic rings. The molecule has 11 nitrogen and oxygen atoms in total. The highest BCUT2D eigenvalue weighted by Gasteiger charge is 2.53. The Morgan fingerprint density at radius 1 is 1.31 bits per heavy atom. The molecule has 0 radical (unpaired) electrons. The van der Waals surface area contributed by atoms with Crippen LogP contribution in [0.15, 0.2) is 28.2 Å². The van der Waals surface area contributed by atoms with E-state index in [1.165, 1.54) is 26.1 Å². The number of ether oxygens (including phenoxy) is 1. The minimum absolute atomic E-state index is 0.00976. The van der Waals surface area contributed by atoms with Gasteiger partial charge in [0.25, 0.3) is 5.91 Å². The maximum Gasteiger partial charge on any atom is 0.432 e. The second-order valence-corrected chi connectivity index (χ2v) is 8.98. The van der Waals surface area contributed by atoms with Gasteiger partial charge in [0.1, 0.15) is 5.71 Å². The van der Waals surface area contributed by atoms with Gasteiger partial charge in [-0.25, -0.2) is 18.2 Å². The minimum atomic E-state index is -3.56. The van der Waals surface area contributed by atoms with Crippen LogP contribution in [0.3, 0.4) is 0 Å². The van der Waals surface area contributed by atoms with E-state index in [1.807, 2.05) is 4.90 Å². The SMILES string of the molecule is CN1N=C(c2ccc(S(C)(=O)=O)c(N3CCOCC3)c2)C(C)(N(O)C(=O)O)C1=O. The van der Waals surface area contributed by atoms with Gasteiger partial charge in [0.15, 0.2) is 15.4 Å². The Bertz CT molecular complexity index is 987. The van der Waals surface area contributed by atoms with Gasteiger partial charge >= 0.3 is 6.09 Å². The molecule has 2 heterocycles. The van der Waals surface area contributed by atoms with Gasteiger partial charge in [-0.1, -0.05) is 6.07 Å². The molecule has 1 atom stereocenters. The van der Waals surface area contributed by atoms with Gasteiger partial charge in [0.05, 0.1) is 23.8 Å². The quantitative estimate of drug-likeness (QED) is 0.515. The lowest BCUT2D eigenvalue weighted by molar-refractivity contribution is -0.155. The lowest BCUT2D eigenvalue weighted by Crippen LogP contribution is -2.58. The number of likely N-dealkylation sites (N-methyl/N-ethyl adjacent to an activating group) is 1. The van der Waals surface area contributed by atoms with Gasteiger partial charge in [-0.2, -0.15) is 10.2 Å². The van der Waals surface area contributed by atoms with E-state index in [-0.39, 0.29) is 15.7 Å². The molecule has 1 aromatic carbocycles. The molecule has 0 aliphatic carbocycles. The standard InChI is InChI=1S/C17H22N4O7S/c1-17(21(25)16(23)24)14(18-19(2)15(17)22)11-4-5-13(29(3,26)27)12(10-11)20-6-8-28-9-7-20/h4-5,10,25H,6-9H2,1-3H3,(H,23,24). The summed E-state index contributed by atoms with van der Waals surface area (Å²) < 4.78 is 29.9. The van der Waals surface area contributed by atoms with E-state index in [4.69, 9.17) is 4.74 Å². The van der Waals surface area contributed by atoms with Crippen molar-refractivity contribution in [1.29, 1.82) is 0 Å². The van der Waals surface area contributed by atoms with Gasteiger partial charge < -0.3 is 14.7 Å². The van der Waals surface area contributed by atoms with Crippen LogP contribution in [0.5, 0.6) is 0 Å². The highest BCUT2D eigenvalue weighted by atomic mass is 32.2. The van der Waals surface area contributed by atoms with E-state index in [2.05, 4.69) is 5.10 Å². The summed E-state index contributed by atoms with van der Waals surface area (Å²) in [5, 5.41) is 24.3. The number of carbonyl (C=O) groups excluding carboxylic acids is 1. The molecule has 0 saturated carbocycles. The molecule has 3 rings (SSSR count). The molecule has 0 spiro atoms. The lowest BCUT2D eigenvalue weighted by Gasteiger charge is -2.32. The number of carboxylic acid groups (broad SMARTS) is 1. The molecule has 0 bridgehead atoms. The Kier molecular flexibility index (Phi) is 5.28. The number of hydrazone groups is 1. The van der Waals surface area contributed by atoms with E-state index < -0.39 is 27.4 Å². The van der Waals surface area contributed by atoms with Crippen LogP contribution in [0.1, 0.15) is 12.5 Å². The van der Waals surface area contributed by atoms with Crippen molar-refractivity contribution in [2.45, 2.75) is 17.4 Å². The van der Waals surface area contributed by atoms with Crippen LogP contribution in [0.4, 0.5) is 10.5 Å². The van der Waals surface area contributed by atoms with Crippen molar-refractivity contribution >= 4 is 33.2 Å². The maximum atomic E-state index is 12.6. The number of hydrogen-bond acceptors (Lipinski definition) is 8. The van der Waals surface area contributed by atoms with Crippen molar-refractivity contribution < 1.29 is 33.1 Å². The van der Waals surface area contributed by atoms with Gasteiger partial charge in [0.2, 0.25) is 0 Å². The molecular weight excluding hydrogens is 404 g/mol. The van der Waals surface area contributed by atoms with Crippen LogP contribution in [0.25, 0.3) is 0 Å². The number of sulfone groups is 1. The van der Waals surface area contributed by atoms with E-state index in [0.29, 0.717) is 37.6 Å². The number of carbonyl (C=O) groups is 2. The van der Waals surface area contributed by atoms with E-state index in [9.17, 15) is 28.3 Å². The molecule has 29 heavy (non-hydrogen) atoms. The third kappa shape index (κ3) is 3.54. The van der Waals surface area contributed by atoms with Crippen LogP contribution in [0.2, 0.25) is 0 Å². The number of hydroxylamine groups is 2. The summed E-state index contributed by atoms with van der Waals surface area (Å²) in [6, 6.07) is 4.38. The molecule has 1 aromatic rings. The third-order valence-electron chi connectivity index (χ3n) is 5.01. The van der Waals surface area contributed by atoms with E-state index in [0.717, 1.165) is 11.3 Å². The average molecular weight is 426 g/mol. The number of amides is 2. The van der Waals surface area contributed by atoms with Crippen LogP contribution in [0, 0.1) is 0 Å². The summed E-state index contributed by atoms with van der Waals surface area (Å²) in [6.07, 6.45) is -0.620. The van der Waals surface area contributed by atoms with Gasteiger partial charge in [-0.3, -0.25) is 10.0 Å². The third-order valence-corrected chi connectivity index (χ3v) is 6.15. The number of anilines is 1. The largest absolute Gasteiger partial charge is 0.463 e. The van der Waals surface area contributed by atoms with Crippen molar-refractivity contribution in [3.8, 4) is 0 Å². The first-order chi connectivity index (χ1) is 13.5. The zero-order valence-corrected chi connectivity index (χ0v) is 17.0. The highest BCUT2D eigenvalue weighted by Crippen LogP contribution is 2.33. The molecule has 1 saturated heterocycles. The molecule has 0 aromatic heterocycles. The zero-order valence-electron chi connectivity index (χ0n) is 16.2. The Balaban J connectivity index is 2.16. The van der Waals surface area contributed by atoms with Crippen LogP contribution in [-0.4, -0.2) is 91.7 Å². The van der Waals surface area contributed by atoms with E-state index >= 15 is 0 Å². The number of hydrogen-bond donors (Lipinski definition) is 2. The topological polar surface area (TPSA) is 140 Å². The summed E-state index contributed by atoms with van der Waals surface area (Å²) in [5.74, 6) is -0.738. The fraction of sp³-hybridized carbons (Fsp3) is 0.471. The summed E-state index contributed by atoms with van der Waals surface area (Å²) in [4.78, 5) is 25.9. The first kappa shape index (κ1) is 21.0. The zero-order chi connectivity index (χ0) is 21.6. The second-order valence-electron chi connectivity index (χ2n) is 7.00. The van der Waals surface area contributed by atoms with Crippen LogP contribution < -0.4 is 4.90 Å². The molecule has 2 aliphatic heterocycles. The van der Waals surface area contributed by atoms with Crippen molar-refractivity contribution in [3.63, 3.8) is 0 Å². The number of benzene rings is 1. The number of rotatable bonds is 4. The Labute approximate surface area is 167 Å². The Morgan fingerprint density at radius 2 is 1.93 bits per heavy atom. The Hall–Kier alpha value is -2.70. The smallest absolute Gasteiger partial charge is 0.432 e. The van der Waals surface area contributed by atoms with Crippen molar-refractivity contribution in [2.75, 3.05) is 44.5 Å². The van der Waals surface area contributed by atoms with Gasteiger partial charge in [-0.05, 0) is 19.1 Å². The Morgan fingerprint density at radius 3 is 2.48 bits per heavy atom. The first-order valence-corrected chi connectivity index (χ1v) is 10.6. The lowest BCUT2D eigenvalue weighted by atomic mass is 9.89. The maximum absolute atomic E-state index is 12.6. The minimum Gasteiger partial charge on any atom is -0.463 e. The molecule has 158 valence electrons. The monoisotopic (exact) mass is 426 g/mol. The predicted octanol–water partition coefficient (Wildman–Crippen LogP) is 0.231. The predicted molar refractivity (Wildman–Crippen MR) is 102 cm³/mol.